The number of hydrogen-bond acceptors (Lipinski definition) is 3. The predicted octanol–water partition coefficient (Wildman–Crippen LogP) is 1.94. The van der Waals surface area contributed by atoms with Gasteiger partial charge in [0.05, 0.1) is 12.5 Å². The number of likely N-dealkylation sites (N-methyl/N-ethyl adjacent to an activating group) is 1. The van der Waals surface area contributed by atoms with Gasteiger partial charge in [-0.15, -0.1) is 0 Å². The fourth-order valence-electron chi connectivity index (χ4n) is 2.43. The van der Waals surface area contributed by atoms with Crippen LogP contribution in [-0.2, 0) is 9.59 Å². The maximum Gasteiger partial charge on any atom is 0.246 e. The van der Waals surface area contributed by atoms with Gasteiger partial charge in [0.1, 0.15) is 0 Å². The fourth-order valence-corrected chi connectivity index (χ4v) is 2.43. The van der Waals surface area contributed by atoms with Crippen molar-refractivity contribution in [2.24, 2.45) is 5.92 Å². The van der Waals surface area contributed by atoms with Crippen molar-refractivity contribution in [3.63, 3.8) is 0 Å². The van der Waals surface area contributed by atoms with Crippen molar-refractivity contribution in [3.05, 3.63) is 0 Å². The second-order valence-electron chi connectivity index (χ2n) is 5.06. The molecule has 0 spiro atoms. The third-order valence-electron chi connectivity index (χ3n) is 3.76. The SMILES string of the molecule is CCCCC(CC)CNC1CC(=O)N(CC)C1=O. The van der Waals surface area contributed by atoms with E-state index in [9.17, 15) is 9.59 Å². The molecule has 1 N–H and O–H groups in total. The number of carbonyl (C=O) groups is 2. The lowest BCUT2D eigenvalue weighted by atomic mass is 9.99. The molecule has 1 heterocycles. The summed E-state index contributed by atoms with van der Waals surface area (Å²) in [4.78, 5) is 24.8. The van der Waals surface area contributed by atoms with E-state index < -0.39 is 0 Å². The van der Waals surface area contributed by atoms with Gasteiger partial charge >= 0.3 is 0 Å². The first-order valence-electron chi connectivity index (χ1n) is 7.21. The Balaban J connectivity index is 2.39. The number of nitrogens with zero attached hydrogens (tertiary/aromatic N) is 1. The molecule has 1 aliphatic heterocycles. The number of carbonyl (C=O) groups excluding carboxylic acids is 2. The van der Waals surface area contributed by atoms with Crippen LogP contribution in [0.2, 0.25) is 0 Å². The van der Waals surface area contributed by atoms with Gasteiger partial charge in [-0.2, -0.15) is 0 Å². The van der Waals surface area contributed by atoms with E-state index >= 15 is 0 Å². The number of nitrogens with one attached hydrogen (secondary N) is 1. The minimum atomic E-state index is -0.284. The summed E-state index contributed by atoms with van der Waals surface area (Å²) in [5.74, 6) is 0.526. The quantitative estimate of drug-likeness (QED) is 0.673. The van der Waals surface area contributed by atoms with Gasteiger partial charge in [-0.05, 0) is 25.8 Å². The van der Waals surface area contributed by atoms with E-state index in [4.69, 9.17) is 0 Å². The number of likely N-dealkylation sites (tertiary alicyclic amines) is 1. The molecule has 104 valence electrons. The molecule has 1 saturated heterocycles. The van der Waals surface area contributed by atoms with E-state index in [0.717, 1.165) is 13.0 Å². The Labute approximate surface area is 110 Å². The molecule has 2 unspecified atom stereocenters. The molecule has 18 heavy (non-hydrogen) atoms. The molecular weight excluding hydrogens is 228 g/mol. The van der Waals surface area contributed by atoms with Gasteiger partial charge in [0.15, 0.2) is 0 Å². The minimum Gasteiger partial charge on any atom is -0.305 e. The van der Waals surface area contributed by atoms with Crippen LogP contribution in [0.15, 0.2) is 0 Å². The summed E-state index contributed by atoms with van der Waals surface area (Å²) in [6, 6.07) is -0.284. The molecule has 4 heteroatoms. The zero-order chi connectivity index (χ0) is 13.5. The highest BCUT2D eigenvalue weighted by Crippen LogP contribution is 2.15. The van der Waals surface area contributed by atoms with Crippen molar-refractivity contribution in [1.82, 2.24) is 10.2 Å². The molecule has 1 rings (SSSR count). The molecule has 4 nitrogen and oxygen atoms in total. The smallest absolute Gasteiger partial charge is 0.246 e. The number of rotatable bonds is 8. The summed E-state index contributed by atoms with van der Waals surface area (Å²) >= 11 is 0. The van der Waals surface area contributed by atoms with Crippen LogP contribution in [0.1, 0.15) is 52.9 Å². The largest absolute Gasteiger partial charge is 0.305 e. The van der Waals surface area contributed by atoms with Crippen molar-refractivity contribution in [2.75, 3.05) is 13.1 Å². The van der Waals surface area contributed by atoms with Crippen molar-refractivity contribution in [1.29, 1.82) is 0 Å². The molecule has 0 aromatic rings. The molecule has 1 aliphatic rings. The summed E-state index contributed by atoms with van der Waals surface area (Å²) in [7, 11) is 0. The molecule has 0 aromatic carbocycles. The number of unbranched alkanes of at least 4 members (excludes halogenated alkanes) is 1. The highest BCUT2D eigenvalue weighted by atomic mass is 16.2. The lowest BCUT2D eigenvalue weighted by Crippen LogP contribution is -2.40. The summed E-state index contributed by atoms with van der Waals surface area (Å²) in [6.45, 7) is 7.55. The van der Waals surface area contributed by atoms with E-state index in [0.29, 0.717) is 18.9 Å². The Morgan fingerprint density at radius 3 is 2.56 bits per heavy atom. The number of imide groups is 1. The third-order valence-corrected chi connectivity index (χ3v) is 3.76. The summed E-state index contributed by atoms with van der Waals surface area (Å²) in [5, 5.41) is 3.27. The van der Waals surface area contributed by atoms with Crippen molar-refractivity contribution >= 4 is 11.8 Å². The van der Waals surface area contributed by atoms with E-state index in [2.05, 4.69) is 19.2 Å². The van der Waals surface area contributed by atoms with Crippen molar-refractivity contribution in [2.45, 2.75) is 58.9 Å². The Hall–Kier alpha value is -0.900. The maximum absolute atomic E-state index is 11.9. The summed E-state index contributed by atoms with van der Waals surface area (Å²) in [6.07, 6.45) is 5.10. The van der Waals surface area contributed by atoms with Crippen LogP contribution in [0.25, 0.3) is 0 Å². The molecule has 2 atom stereocenters. The molecule has 0 bridgehead atoms. The zero-order valence-corrected chi connectivity index (χ0v) is 11.9. The van der Waals surface area contributed by atoms with Crippen LogP contribution in [0.3, 0.4) is 0 Å². The first-order valence-corrected chi connectivity index (χ1v) is 7.21. The zero-order valence-electron chi connectivity index (χ0n) is 11.9. The molecule has 2 amide bonds. The van der Waals surface area contributed by atoms with Crippen LogP contribution in [0, 0.1) is 5.92 Å². The number of amides is 2. The van der Waals surface area contributed by atoms with Crippen molar-refractivity contribution in [3.8, 4) is 0 Å². The van der Waals surface area contributed by atoms with E-state index in [1.165, 1.54) is 24.2 Å². The maximum atomic E-state index is 11.9. The van der Waals surface area contributed by atoms with Crippen LogP contribution >= 0.6 is 0 Å². The molecule has 0 radical (unpaired) electrons. The van der Waals surface area contributed by atoms with Gasteiger partial charge in [0.25, 0.3) is 0 Å². The first-order chi connectivity index (χ1) is 8.63. The topological polar surface area (TPSA) is 49.4 Å². The van der Waals surface area contributed by atoms with Crippen LogP contribution in [0.5, 0.6) is 0 Å². The van der Waals surface area contributed by atoms with Gasteiger partial charge in [-0.3, -0.25) is 14.5 Å². The van der Waals surface area contributed by atoms with Gasteiger partial charge in [-0.25, -0.2) is 0 Å². The van der Waals surface area contributed by atoms with Crippen LogP contribution < -0.4 is 5.32 Å². The van der Waals surface area contributed by atoms with Gasteiger partial charge < -0.3 is 5.32 Å². The highest BCUT2D eigenvalue weighted by Gasteiger charge is 2.37. The molecule has 0 aromatic heterocycles. The minimum absolute atomic E-state index is 0.0402. The fraction of sp³-hybridized carbons (Fsp3) is 0.857. The van der Waals surface area contributed by atoms with Crippen molar-refractivity contribution < 1.29 is 9.59 Å². The van der Waals surface area contributed by atoms with Crippen LogP contribution in [0.4, 0.5) is 0 Å². The van der Waals surface area contributed by atoms with Crippen LogP contribution in [-0.4, -0.2) is 35.8 Å². The Bertz CT molecular complexity index is 292. The number of hydrogen-bond donors (Lipinski definition) is 1. The second-order valence-corrected chi connectivity index (χ2v) is 5.06. The summed E-state index contributed by atoms with van der Waals surface area (Å²) < 4.78 is 0. The lowest BCUT2D eigenvalue weighted by molar-refractivity contribution is -0.138. The van der Waals surface area contributed by atoms with Gasteiger partial charge in [-0.1, -0.05) is 33.1 Å². The molecule has 1 fully saturated rings. The van der Waals surface area contributed by atoms with E-state index in [1.807, 2.05) is 6.92 Å². The second kappa shape index (κ2) is 7.52. The highest BCUT2D eigenvalue weighted by molar-refractivity contribution is 6.05. The lowest BCUT2D eigenvalue weighted by Gasteiger charge is -2.18. The van der Waals surface area contributed by atoms with Gasteiger partial charge in [0.2, 0.25) is 11.8 Å². The Kier molecular flexibility index (Phi) is 6.33. The van der Waals surface area contributed by atoms with Gasteiger partial charge in [0, 0.05) is 6.54 Å². The summed E-state index contributed by atoms with van der Waals surface area (Å²) in [5.41, 5.74) is 0. The molecule has 0 aliphatic carbocycles. The Morgan fingerprint density at radius 2 is 2.06 bits per heavy atom. The van der Waals surface area contributed by atoms with E-state index in [-0.39, 0.29) is 17.9 Å². The monoisotopic (exact) mass is 254 g/mol. The Morgan fingerprint density at radius 1 is 1.33 bits per heavy atom. The standard InChI is InChI=1S/C14H26N2O2/c1-4-7-8-11(5-2)10-15-12-9-13(17)16(6-3)14(12)18/h11-12,15H,4-10H2,1-3H3. The first kappa shape index (κ1) is 15.2. The third kappa shape index (κ3) is 3.80. The average Bonchev–Trinajstić information content (AvgIpc) is 2.64. The van der Waals surface area contributed by atoms with E-state index in [1.54, 1.807) is 0 Å². The molecular formula is C14H26N2O2. The predicted molar refractivity (Wildman–Crippen MR) is 72.1 cm³/mol. The molecule has 0 saturated carbocycles. The normalized spacial score (nSPS) is 21.7. The average molecular weight is 254 g/mol.